The van der Waals surface area contributed by atoms with Gasteiger partial charge in [0, 0.05) is 6.42 Å². The van der Waals surface area contributed by atoms with Crippen molar-refractivity contribution in [3.63, 3.8) is 0 Å². The molecule has 0 aliphatic rings. The molecule has 8 amide bonds. The highest BCUT2D eigenvalue weighted by Gasteiger charge is 2.37. The monoisotopic (exact) mass is 1040 g/mol. The summed E-state index contributed by atoms with van der Waals surface area (Å²) in [6.45, 7) is 13.9. The number of nitrogens with two attached hydrogens (primary N) is 2. The molecule has 25 nitrogen and oxygen atoms in total. The topological polar surface area (TPSA) is 420 Å². The Labute approximate surface area is 425 Å². The van der Waals surface area contributed by atoms with Crippen LogP contribution in [0.15, 0.2) is 24.3 Å². The first-order valence-corrected chi connectivity index (χ1v) is 24.5. The van der Waals surface area contributed by atoms with Crippen molar-refractivity contribution in [1.29, 1.82) is 0 Å². The average Bonchev–Trinajstić information content (AvgIpc) is 3.31. The number of rotatable bonds is 33. The van der Waals surface area contributed by atoms with E-state index in [1.165, 1.54) is 31.2 Å². The normalized spacial score (nSPS) is 15.9. The van der Waals surface area contributed by atoms with E-state index in [0.717, 1.165) is 0 Å². The fourth-order valence-electron chi connectivity index (χ4n) is 7.19. The number of carbonyl (C=O) groups excluding carboxylic acids is 8. The fraction of sp³-hybridized carbons (Fsp3) is 0.667. The summed E-state index contributed by atoms with van der Waals surface area (Å²) < 4.78 is 0. The molecule has 0 saturated carbocycles. The second-order valence-electron chi connectivity index (χ2n) is 19.3. The number of aliphatic hydroxyl groups excluding tert-OH is 2. The Kier molecular flexibility index (Phi) is 28.2. The third kappa shape index (κ3) is 22.5. The van der Waals surface area contributed by atoms with Gasteiger partial charge in [-0.1, -0.05) is 73.9 Å². The molecule has 1 aromatic carbocycles. The smallest absolute Gasteiger partial charge is 0.326 e. The molecular weight excluding hydrogens is 957 g/mol. The Hall–Kier alpha value is -6.44. The number of carbonyl (C=O) groups is 10. The molecule has 25 heteroatoms. The standard InChI is InChI=1S/C48H80N10O15/c1-10-26(8)39(47(71)54-31(19-23(2)3)42(66)57-38(25(6)7)48(72)73)58-40(64)30(13-11-12-18-49)51-46(70)37(24(4)5)56-43(67)32(20-28-14-16-29(61)17-15-28)52-41(65)33(21-35(62)63)53-44(68)34(22-59)55-45(69)36(50)27(9)60/h14-17,23-27,30-34,36-39,59-61H,10-13,18-22,49-50H2,1-9H3,(H,51,70)(H,52,65)(H,53,68)(H,54,71)(H,55,69)(H,56,67)(H,57,66)(H,58,64)(H,62,63)(H,72,73)/t26-,27+,30-,31-,32-,33-,34-,36-,37-,38-,39-/m0/s1. The summed E-state index contributed by atoms with van der Waals surface area (Å²) in [6, 6.07) is -7.70. The van der Waals surface area contributed by atoms with E-state index in [-0.39, 0.29) is 37.5 Å². The second kappa shape index (κ2) is 31.9. The van der Waals surface area contributed by atoms with Crippen LogP contribution in [0.4, 0.5) is 0 Å². The van der Waals surface area contributed by atoms with E-state index in [9.17, 15) is 73.5 Å². The maximum absolute atomic E-state index is 14.3. The molecule has 17 N–H and O–H groups in total. The SMILES string of the molecule is CC[C@H](C)[C@H](NC(=O)[C@H](CCCCN)NC(=O)[C@@H](NC(=O)[C@H](Cc1ccc(O)cc1)NC(=O)[C@H](CC(=O)O)NC(=O)[C@H](CO)NC(=O)[C@@H](N)[C@@H](C)O)C(C)C)C(=O)N[C@@H](CC(C)C)C(=O)N[C@H](C(=O)O)C(C)C. The quantitative estimate of drug-likeness (QED) is 0.0327. The van der Waals surface area contributed by atoms with Gasteiger partial charge >= 0.3 is 11.9 Å². The number of hydrogen-bond acceptors (Lipinski definition) is 15. The van der Waals surface area contributed by atoms with Gasteiger partial charge in [0.2, 0.25) is 47.3 Å². The van der Waals surface area contributed by atoms with Gasteiger partial charge in [0.1, 0.15) is 60.1 Å². The Balaban J connectivity index is 3.57. The lowest BCUT2D eigenvalue weighted by Gasteiger charge is -2.30. The highest BCUT2D eigenvalue weighted by atomic mass is 16.4. The highest BCUT2D eigenvalue weighted by Crippen LogP contribution is 2.16. The summed E-state index contributed by atoms with van der Waals surface area (Å²) in [5, 5.41) is 68.6. The van der Waals surface area contributed by atoms with Gasteiger partial charge in [0.15, 0.2) is 0 Å². The maximum atomic E-state index is 14.3. The number of carboxylic acid groups (broad SMARTS) is 2. The first-order valence-electron chi connectivity index (χ1n) is 24.5. The number of carboxylic acids is 2. The van der Waals surface area contributed by atoms with Crippen molar-refractivity contribution in [3.8, 4) is 5.75 Å². The number of amides is 8. The summed E-state index contributed by atoms with van der Waals surface area (Å²) >= 11 is 0. The van der Waals surface area contributed by atoms with E-state index in [4.69, 9.17) is 11.5 Å². The molecule has 0 aliphatic heterocycles. The van der Waals surface area contributed by atoms with Crippen LogP contribution in [0.5, 0.6) is 5.75 Å². The summed E-state index contributed by atoms with van der Waals surface area (Å²) in [7, 11) is 0. The van der Waals surface area contributed by atoms with Crippen molar-refractivity contribution < 1.29 is 73.5 Å². The molecule has 0 radical (unpaired) electrons. The van der Waals surface area contributed by atoms with Crippen molar-refractivity contribution in [2.75, 3.05) is 13.2 Å². The Morgan fingerprint density at radius 2 is 1.01 bits per heavy atom. The predicted molar refractivity (Wildman–Crippen MR) is 265 cm³/mol. The van der Waals surface area contributed by atoms with Crippen LogP contribution in [0.25, 0.3) is 0 Å². The zero-order chi connectivity index (χ0) is 55.9. The minimum absolute atomic E-state index is 0.0247. The Bertz CT molecular complexity index is 2020. The average molecular weight is 1040 g/mol. The molecule has 0 unspecified atom stereocenters. The van der Waals surface area contributed by atoms with Gasteiger partial charge in [-0.3, -0.25) is 43.2 Å². The van der Waals surface area contributed by atoms with Gasteiger partial charge in [0.25, 0.3) is 0 Å². The van der Waals surface area contributed by atoms with E-state index in [1.807, 2.05) is 13.8 Å². The van der Waals surface area contributed by atoms with Gasteiger partial charge in [0.05, 0.1) is 19.1 Å². The molecule has 0 aliphatic carbocycles. The summed E-state index contributed by atoms with van der Waals surface area (Å²) in [5.41, 5.74) is 11.7. The van der Waals surface area contributed by atoms with Crippen molar-refractivity contribution in [3.05, 3.63) is 29.8 Å². The van der Waals surface area contributed by atoms with E-state index in [0.29, 0.717) is 24.8 Å². The van der Waals surface area contributed by atoms with Crippen LogP contribution >= 0.6 is 0 Å². The molecule has 0 bridgehead atoms. The first kappa shape index (κ1) is 64.6. The number of phenolic OH excluding ortho intramolecular Hbond substituents is 1. The fourth-order valence-corrected chi connectivity index (χ4v) is 7.19. The van der Waals surface area contributed by atoms with Crippen LogP contribution in [0.1, 0.15) is 106 Å². The second-order valence-corrected chi connectivity index (χ2v) is 19.3. The summed E-state index contributed by atoms with van der Waals surface area (Å²) in [5.74, 6) is -12.3. The summed E-state index contributed by atoms with van der Waals surface area (Å²) in [6.07, 6.45) is -1.40. The molecule has 0 saturated heterocycles. The molecule has 1 rings (SSSR count). The molecule has 11 atom stereocenters. The Morgan fingerprint density at radius 1 is 0.562 bits per heavy atom. The lowest BCUT2D eigenvalue weighted by atomic mass is 9.95. The highest BCUT2D eigenvalue weighted by molar-refractivity contribution is 5.99. The molecule has 0 aromatic heterocycles. The van der Waals surface area contributed by atoms with Gasteiger partial charge in [-0.2, -0.15) is 0 Å². The van der Waals surface area contributed by atoms with Crippen molar-refractivity contribution in [2.45, 2.75) is 168 Å². The Morgan fingerprint density at radius 3 is 1.51 bits per heavy atom. The van der Waals surface area contributed by atoms with Gasteiger partial charge in [-0.25, -0.2) is 4.79 Å². The maximum Gasteiger partial charge on any atom is 0.326 e. The van der Waals surface area contributed by atoms with E-state index in [2.05, 4.69) is 42.5 Å². The van der Waals surface area contributed by atoms with E-state index >= 15 is 0 Å². The first-order chi connectivity index (χ1) is 34.1. The molecule has 1 aromatic rings. The molecule has 0 heterocycles. The van der Waals surface area contributed by atoms with Gasteiger partial charge in [-0.05, 0) is 80.5 Å². The number of aromatic hydroxyl groups is 1. The largest absolute Gasteiger partial charge is 0.508 e. The number of aliphatic hydroxyl groups is 2. The summed E-state index contributed by atoms with van der Waals surface area (Å²) in [4.78, 5) is 133. The lowest BCUT2D eigenvalue weighted by molar-refractivity contribution is -0.143. The van der Waals surface area contributed by atoms with E-state index in [1.54, 1.807) is 41.5 Å². The molecule has 73 heavy (non-hydrogen) atoms. The number of benzene rings is 1. The third-order valence-corrected chi connectivity index (χ3v) is 11.8. The number of phenols is 1. The van der Waals surface area contributed by atoms with Crippen LogP contribution < -0.4 is 54.0 Å². The number of unbranched alkanes of at least 4 members (excludes halogenated alkanes) is 1. The molecule has 0 fully saturated rings. The zero-order valence-corrected chi connectivity index (χ0v) is 43.2. The number of aliphatic carboxylic acids is 2. The van der Waals surface area contributed by atoms with Crippen LogP contribution in [0.3, 0.4) is 0 Å². The minimum Gasteiger partial charge on any atom is -0.508 e. The van der Waals surface area contributed by atoms with Crippen LogP contribution in [-0.4, -0.2) is 158 Å². The number of hydrogen-bond donors (Lipinski definition) is 15. The molecular formula is C48H80N10O15. The van der Waals surface area contributed by atoms with Gasteiger partial charge < -0.3 is 79.5 Å². The number of nitrogens with one attached hydrogen (secondary N) is 8. The third-order valence-electron chi connectivity index (χ3n) is 11.8. The lowest BCUT2D eigenvalue weighted by Crippen LogP contribution is -2.62. The predicted octanol–water partition coefficient (Wildman–Crippen LogP) is -2.39. The van der Waals surface area contributed by atoms with Gasteiger partial charge in [-0.15, -0.1) is 0 Å². The van der Waals surface area contributed by atoms with Crippen molar-refractivity contribution in [1.82, 2.24) is 42.5 Å². The van der Waals surface area contributed by atoms with Crippen LogP contribution in [0.2, 0.25) is 0 Å². The van der Waals surface area contributed by atoms with Crippen LogP contribution in [0, 0.1) is 23.7 Å². The molecule has 412 valence electrons. The van der Waals surface area contributed by atoms with E-state index < -0.39 is 150 Å². The minimum atomic E-state index is -1.91. The zero-order valence-electron chi connectivity index (χ0n) is 43.2. The van der Waals surface area contributed by atoms with Crippen molar-refractivity contribution in [2.24, 2.45) is 35.1 Å². The molecule has 0 spiro atoms. The van der Waals surface area contributed by atoms with Crippen molar-refractivity contribution >= 4 is 59.2 Å². The van der Waals surface area contributed by atoms with Crippen LogP contribution in [-0.2, 0) is 54.4 Å².